The van der Waals surface area contributed by atoms with E-state index in [9.17, 15) is 13.7 Å². The highest BCUT2D eigenvalue weighted by Gasteiger charge is 2.32. The van der Waals surface area contributed by atoms with E-state index in [1.807, 2.05) is 0 Å². The van der Waals surface area contributed by atoms with Crippen LogP contribution in [0.1, 0.15) is 10.9 Å². The van der Waals surface area contributed by atoms with Gasteiger partial charge in [0.05, 0.1) is 11.0 Å². The van der Waals surface area contributed by atoms with E-state index in [4.69, 9.17) is 23.2 Å². The summed E-state index contributed by atoms with van der Waals surface area (Å²) in [6, 6.07) is 7.22. The zero-order valence-electron chi connectivity index (χ0n) is 9.86. The normalized spacial score (nSPS) is 12.7. The predicted molar refractivity (Wildman–Crippen MR) is 74.0 cm³/mol. The van der Waals surface area contributed by atoms with Crippen LogP contribution in [0.15, 0.2) is 41.6 Å². The molecule has 0 saturated carbocycles. The molecule has 0 saturated heterocycles. The Morgan fingerprint density at radius 2 is 1.70 bits per heavy atom. The number of benzene rings is 1. The molecule has 2 aromatic rings. The minimum atomic E-state index is -3.95. The van der Waals surface area contributed by atoms with Gasteiger partial charge in [-0.3, -0.25) is 4.98 Å². The smallest absolute Gasteiger partial charge is 0.200 e. The van der Waals surface area contributed by atoms with Crippen LogP contribution in [0.3, 0.4) is 0 Å². The van der Waals surface area contributed by atoms with Crippen LogP contribution in [0.25, 0.3) is 0 Å². The lowest BCUT2D eigenvalue weighted by atomic mass is 10.3. The van der Waals surface area contributed by atoms with Crippen LogP contribution in [0, 0.1) is 11.3 Å². The first-order chi connectivity index (χ1) is 9.46. The van der Waals surface area contributed by atoms with Crippen molar-refractivity contribution in [3.05, 3.63) is 52.5 Å². The summed E-state index contributed by atoms with van der Waals surface area (Å²) in [6.45, 7) is 0. The first-order valence-electron chi connectivity index (χ1n) is 5.32. The Morgan fingerprint density at radius 1 is 1.10 bits per heavy atom. The van der Waals surface area contributed by atoms with Crippen molar-refractivity contribution >= 4 is 33.0 Å². The molecule has 0 spiro atoms. The second-order valence-corrected chi connectivity index (χ2v) is 6.57. The second kappa shape index (κ2) is 5.75. The zero-order valence-corrected chi connectivity index (χ0v) is 12.2. The molecule has 5 nitrogen and oxygen atoms in total. The third-order valence-corrected chi connectivity index (χ3v) is 4.92. The largest absolute Gasteiger partial charge is 0.254 e. The number of nitriles is 1. The monoisotopic (exact) mass is 327 g/mol. The van der Waals surface area contributed by atoms with Gasteiger partial charge in [-0.25, -0.2) is 13.4 Å². The Kier molecular flexibility index (Phi) is 4.23. The topological polar surface area (TPSA) is 83.7 Å². The summed E-state index contributed by atoms with van der Waals surface area (Å²) in [5, 5.41) is 7.93. The second-order valence-electron chi connectivity index (χ2n) is 3.74. The summed E-state index contributed by atoms with van der Waals surface area (Å²) in [6.07, 6.45) is 2.60. The van der Waals surface area contributed by atoms with Gasteiger partial charge in [0.15, 0.2) is 10.4 Å². The summed E-state index contributed by atoms with van der Waals surface area (Å²) >= 11 is 11.5. The molecule has 0 bridgehead atoms. The lowest BCUT2D eigenvalue weighted by molar-refractivity contribution is 0.590. The van der Waals surface area contributed by atoms with Crippen molar-refractivity contribution in [2.24, 2.45) is 0 Å². The van der Waals surface area contributed by atoms with E-state index >= 15 is 0 Å². The Balaban J connectivity index is 2.55. The van der Waals surface area contributed by atoms with Crippen molar-refractivity contribution in [3.8, 4) is 6.07 Å². The Labute approximate surface area is 125 Å². The fraction of sp³-hybridized carbons (Fsp3) is 0.0833. The van der Waals surface area contributed by atoms with Gasteiger partial charge in [-0.05, 0) is 24.3 Å². The van der Waals surface area contributed by atoms with Crippen LogP contribution in [0.2, 0.25) is 10.2 Å². The highest BCUT2D eigenvalue weighted by atomic mass is 35.5. The Morgan fingerprint density at radius 3 is 2.25 bits per heavy atom. The molecule has 8 heteroatoms. The van der Waals surface area contributed by atoms with E-state index in [1.54, 1.807) is 6.07 Å². The third-order valence-electron chi connectivity index (χ3n) is 2.50. The molecule has 20 heavy (non-hydrogen) atoms. The average Bonchev–Trinajstić information content (AvgIpc) is 2.42. The van der Waals surface area contributed by atoms with Crippen LogP contribution in [-0.4, -0.2) is 18.4 Å². The minimum Gasteiger partial charge on any atom is -0.254 e. The maximum absolute atomic E-state index is 12.4. The van der Waals surface area contributed by atoms with Gasteiger partial charge in [-0.1, -0.05) is 23.2 Å². The highest BCUT2D eigenvalue weighted by Crippen LogP contribution is 2.30. The number of sulfone groups is 1. The van der Waals surface area contributed by atoms with Crippen molar-refractivity contribution in [3.63, 3.8) is 0 Å². The summed E-state index contributed by atoms with van der Waals surface area (Å²) in [5.74, 6) is 0. The molecular formula is C12H7Cl2N3O2S. The van der Waals surface area contributed by atoms with Crippen molar-refractivity contribution in [2.75, 3.05) is 0 Å². The van der Waals surface area contributed by atoms with Gasteiger partial charge in [-0.2, -0.15) is 5.26 Å². The first-order valence-corrected chi connectivity index (χ1v) is 7.62. The summed E-state index contributed by atoms with van der Waals surface area (Å²) < 4.78 is 24.9. The predicted octanol–water partition coefficient (Wildman–Crippen LogP) is 2.82. The average molecular weight is 328 g/mol. The summed E-state index contributed by atoms with van der Waals surface area (Å²) in [4.78, 5) is 7.54. The molecule has 1 aromatic heterocycles. The third kappa shape index (κ3) is 2.75. The first kappa shape index (κ1) is 14.7. The van der Waals surface area contributed by atoms with E-state index in [2.05, 4.69) is 9.97 Å². The number of rotatable bonds is 3. The molecule has 1 heterocycles. The van der Waals surface area contributed by atoms with Gasteiger partial charge in [0, 0.05) is 17.4 Å². The zero-order chi connectivity index (χ0) is 14.8. The molecule has 0 unspecified atom stereocenters. The van der Waals surface area contributed by atoms with Gasteiger partial charge in [-0.15, -0.1) is 0 Å². The quantitative estimate of drug-likeness (QED) is 0.865. The van der Waals surface area contributed by atoms with Crippen LogP contribution in [0.4, 0.5) is 0 Å². The lowest BCUT2D eigenvalue weighted by Gasteiger charge is -2.11. The number of aromatic nitrogens is 2. The molecule has 1 atom stereocenters. The van der Waals surface area contributed by atoms with Gasteiger partial charge in [0.25, 0.3) is 0 Å². The van der Waals surface area contributed by atoms with Crippen molar-refractivity contribution in [1.29, 1.82) is 5.26 Å². The van der Waals surface area contributed by atoms with Crippen LogP contribution in [0.5, 0.6) is 0 Å². The number of halogens is 2. The number of hydrogen-bond donors (Lipinski definition) is 0. The molecule has 102 valence electrons. The van der Waals surface area contributed by atoms with Crippen molar-refractivity contribution in [2.45, 2.75) is 10.1 Å². The van der Waals surface area contributed by atoms with Gasteiger partial charge < -0.3 is 0 Å². The van der Waals surface area contributed by atoms with Crippen molar-refractivity contribution < 1.29 is 8.42 Å². The molecule has 0 aliphatic rings. The van der Waals surface area contributed by atoms with E-state index in [0.717, 1.165) is 0 Å². The minimum absolute atomic E-state index is 0.0323. The van der Waals surface area contributed by atoms with Crippen LogP contribution < -0.4 is 0 Å². The van der Waals surface area contributed by atoms with Crippen LogP contribution >= 0.6 is 23.2 Å². The standard InChI is InChI=1S/C12H7Cl2N3O2S/c13-8-1-3-9(4-2-8)20(18,19)10(7-15)11-12(14)17-6-5-16-11/h1-6,10H/t10-/m1/s1. The molecular weight excluding hydrogens is 321 g/mol. The lowest BCUT2D eigenvalue weighted by Crippen LogP contribution is -2.14. The number of hydrogen-bond acceptors (Lipinski definition) is 5. The van der Waals surface area contributed by atoms with E-state index in [-0.39, 0.29) is 15.7 Å². The van der Waals surface area contributed by atoms with E-state index in [0.29, 0.717) is 5.02 Å². The fourth-order valence-electron chi connectivity index (χ4n) is 1.55. The Bertz CT molecular complexity index is 770. The number of nitrogens with zero attached hydrogens (tertiary/aromatic N) is 3. The molecule has 0 fully saturated rings. The molecule has 0 amide bonds. The summed E-state index contributed by atoms with van der Waals surface area (Å²) in [5.41, 5.74) is -0.0911. The SMILES string of the molecule is N#C[C@H](c1nccnc1Cl)S(=O)(=O)c1ccc(Cl)cc1. The van der Waals surface area contributed by atoms with Crippen molar-refractivity contribution in [1.82, 2.24) is 9.97 Å². The van der Waals surface area contributed by atoms with Gasteiger partial charge in [0.2, 0.25) is 9.84 Å². The maximum Gasteiger partial charge on any atom is 0.200 e. The molecule has 0 aliphatic carbocycles. The van der Waals surface area contributed by atoms with Gasteiger partial charge >= 0.3 is 0 Å². The summed E-state index contributed by atoms with van der Waals surface area (Å²) in [7, 11) is -3.95. The molecule has 0 N–H and O–H groups in total. The van der Waals surface area contributed by atoms with Crippen LogP contribution in [-0.2, 0) is 9.84 Å². The fourth-order valence-corrected chi connectivity index (χ4v) is 3.34. The van der Waals surface area contributed by atoms with E-state index in [1.165, 1.54) is 36.7 Å². The molecule has 0 aliphatic heterocycles. The molecule has 1 aromatic carbocycles. The maximum atomic E-state index is 12.4. The van der Waals surface area contributed by atoms with E-state index < -0.39 is 15.1 Å². The molecule has 2 rings (SSSR count). The Hall–Kier alpha value is -1.68. The molecule has 0 radical (unpaired) electrons. The highest BCUT2D eigenvalue weighted by molar-refractivity contribution is 7.92. The van der Waals surface area contributed by atoms with Gasteiger partial charge in [0.1, 0.15) is 5.69 Å².